The fourth-order valence-corrected chi connectivity index (χ4v) is 2.41. The highest BCUT2D eigenvalue weighted by molar-refractivity contribution is 5.92. The van der Waals surface area contributed by atoms with Crippen LogP contribution in [0.4, 0.5) is 11.5 Å². The number of carboxylic acid groups (broad SMARTS) is 1. The van der Waals surface area contributed by atoms with Crippen LogP contribution >= 0.6 is 0 Å². The molecule has 25 heavy (non-hydrogen) atoms. The SMILES string of the molecule is CCCOc1ccccc1N=Nc1c(C(=O)O)nc2c(C)cccn12. The van der Waals surface area contributed by atoms with Gasteiger partial charge in [-0.2, -0.15) is 0 Å². The van der Waals surface area contributed by atoms with E-state index in [1.165, 1.54) is 0 Å². The summed E-state index contributed by atoms with van der Waals surface area (Å²) < 4.78 is 7.27. The largest absolute Gasteiger partial charge is 0.491 e. The van der Waals surface area contributed by atoms with E-state index in [-0.39, 0.29) is 11.5 Å². The first-order chi connectivity index (χ1) is 12.1. The normalized spacial score (nSPS) is 11.3. The number of hydrogen-bond donors (Lipinski definition) is 1. The molecule has 0 fully saturated rings. The lowest BCUT2D eigenvalue weighted by atomic mass is 10.3. The topological polar surface area (TPSA) is 88.5 Å². The molecule has 0 saturated carbocycles. The second kappa shape index (κ2) is 7.12. The van der Waals surface area contributed by atoms with Gasteiger partial charge < -0.3 is 9.84 Å². The molecule has 3 rings (SSSR count). The lowest BCUT2D eigenvalue weighted by Crippen LogP contribution is -1.96. The molecule has 7 heteroatoms. The van der Waals surface area contributed by atoms with Gasteiger partial charge in [0.05, 0.1) is 6.61 Å². The standard InChI is InChI=1S/C18H18N4O3/c1-3-11-25-14-9-5-4-8-13(14)20-21-17-15(18(23)24)19-16-12(2)7-6-10-22(16)17/h4-10H,3,11H2,1-2H3,(H,23,24). The molecule has 0 unspecified atom stereocenters. The molecule has 128 valence electrons. The highest BCUT2D eigenvalue weighted by Gasteiger charge is 2.19. The van der Waals surface area contributed by atoms with Gasteiger partial charge in [-0.3, -0.25) is 4.40 Å². The van der Waals surface area contributed by atoms with Gasteiger partial charge >= 0.3 is 5.97 Å². The highest BCUT2D eigenvalue weighted by atomic mass is 16.5. The highest BCUT2D eigenvalue weighted by Crippen LogP contribution is 2.30. The molecule has 2 aromatic heterocycles. The van der Waals surface area contributed by atoms with Crippen molar-refractivity contribution in [1.82, 2.24) is 9.38 Å². The van der Waals surface area contributed by atoms with Crippen LogP contribution in [0.3, 0.4) is 0 Å². The maximum absolute atomic E-state index is 11.5. The Morgan fingerprint density at radius 3 is 2.80 bits per heavy atom. The van der Waals surface area contributed by atoms with E-state index < -0.39 is 5.97 Å². The quantitative estimate of drug-likeness (QED) is 0.668. The maximum Gasteiger partial charge on any atom is 0.358 e. The van der Waals surface area contributed by atoms with Crippen molar-refractivity contribution in [3.05, 3.63) is 53.9 Å². The summed E-state index contributed by atoms with van der Waals surface area (Å²) in [5.74, 6) is -0.362. The Hall–Kier alpha value is -3.22. The number of imidazole rings is 1. The Balaban J connectivity index is 2.06. The van der Waals surface area contributed by atoms with Crippen LogP contribution in [-0.4, -0.2) is 27.1 Å². The van der Waals surface area contributed by atoms with Crippen LogP contribution in [0.25, 0.3) is 5.65 Å². The predicted molar refractivity (Wildman–Crippen MR) is 93.3 cm³/mol. The van der Waals surface area contributed by atoms with E-state index in [2.05, 4.69) is 15.2 Å². The molecule has 3 aromatic rings. The van der Waals surface area contributed by atoms with Gasteiger partial charge in [0.15, 0.2) is 11.5 Å². The summed E-state index contributed by atoms with van der Waals surface area (Å²) >= 11 is 0. The zero-order chi connectivity index (χ0) is 17.8. The molecular weight excluding hydrogens is 320 g/mol. The van der Waals surface area contributed by atoms with Crippen LogP contribution in [-0.2, 0) is 0 Å². The number of azo groups is 1. The summed E-state index contributed by atoms with van der Waals surface area (Å²) in [5.41, 5.74) is 1.81. The molecule has 1 N–H and O–H groups in total. The fraction of sp³-hybridized carbons (Fsp3) is 0.222. The summed E-state index contributed by atoms with van der Waals surface area (Å²) in [7, 11) is 0. The number of hydrogen-bond acceptors (Lipinski definition) is 5. The van der Waals surface area contributed by atoms with E-state index in [9.17, 15) is 9.90 Å². The van der Waals surface area contributed by atoms with Gasteiger partial charge in [0.1, 0.15) is 17.1 Å². The monoisotopic (exact) mass is 338 g/mol. The minimum Gasteiger partial charge on any atom is -0.491 e. The van der Waals surface area contributed by atoms with Crippen LogP contribution in [0.2, 0.25) is 0 Å². The smallest absolute Gasteiger partial charge is 0.358 e. The number of rotatable bonds is 6. The van der Waals surface area contributed by atoms with Crippen molar-refractivity contribution < 1.29 is 14.6 Å². The first kappa shape index (κ1) is 16.6. The molecule has 0 amide bonds. The Morgan fingerprint density at radius 2 is 2.04 bits per heavy atom. The van der Waals surface area contributed by atoms with E-state index >= 15 is 0 Å². The summed E-state index contributed by atoms with van der Waals surface area (Å²) in [6.07, 6.45) is 2.59. The predicted octanol–water partition coefficient (Wildman–Crippen LogP) is 4.55. The molecule has 2 heterocycles. The number of nitrogens with zero attached hydrogens (tertiary/aromatic N) is 4. The van der Waals surface area contributed by atoms with E-state index in [4.69, 9.17) is 4.74 Å². The Morgan fingerprint density at radius 1 is 1.24 bits per heavy atom. The van der Waals surface area contributed by atoms with Gasteiger partial charge in [0.2, 0.25) is 0 Å². The van der Waals surface area contributed by atoms with E-state index in [1.807, 2.05) is 38.1 Å². The van der Waals surface area contributed by atoms with E-state index in [1.54, 1.807) is 22.7 Å². The Bertz CT molecular complexity index is 947. The van der Waals surface area contributed by atoms with Crippen molar-refractivity contribution in [1.29, 1.82) is 0 Å². The molecule has 0 saturated heterocycles. The molecule has 0 atom stereocenters. The average Bonchev–Trinajstić information content (AvgIpc) is 2.99. The third-order valence-electron chi connectivity index (χ3n) is 3.60. The number of carbonyl (C=O) groups is 1. The number of aromatic nitrogens is 2. The fourth-order valence-electron chi connectivity index (χ4n) is 2.41. The molecule has 0 radical (unpaired) electrons. The van der Waals surface area contributed by atoms with Gasteiger partial charge in [-0.25, -0.2) is 9.78 Å². The molecule has 7 nitrogen and oxygen atoms in total. The molecule has 0 aliphatic carbocycles. The molecule has 0 spiro atoms. The molecule has 0 aliphatic heterocycles. The van der Waals surface area contributed by atoms with E-state index in [0.29, 0.717) is 23.7 Å². The van der Waals surface area contributed by atoms with Crippen molar-refractivity contribution in [2.45, 2.75) is 20.3 Å². The van der Waals surface area contributed by atoms with Crippen LogP contribution in [0.1, 0.15) is 29.4 Å². The third-order valence-corrected chi connectivity index (χ3v) is 3.60. The van der Waals surface area contributed by atoms with Gasteiger partial charge in [0, 0.05) is 6.20 Å². The minimum atomic E-state index is -1.15. The number of aryl methyl sites for hydroxylation is 1. The summed E-state index contributed by atoms with van der Waals surface area (Å²) in [5, 5.41) is 17.8. The number of para-hydroxylation sites is 1. The average molecular weight is 338 g/mol. The maximum atomic E-state index is 11.5. The van der Waals surface area contributed by atoms with Crippen molar-refractivity contribution in [2.24, 2.45) is 10.2 Å². The van der Waals surface area contributed by atoms with Gasteiger partial charge in [-0.05, 0) is 37.1 Å². The summed E-state index contributed by atoms with van der Waals surface area (Å²) in [4.78, 5) is 15.7. The first-order valence-electron chi connectivity index (χ1n) is 7.96. The number of ether oxygens (including phenoxy) is 1. The molecule has 0 aliphatic rings. The van der Waals surface area contributed by atoms with Gasteiger partial charge in [0.25, 0.3) is 0 Å². The number of benzene rings is 1. The van der Waals surface area contributed by atoms with Gasteiger partial charge in [-0.1, -0.05) is 25.1 Å². The second-order valence-electron chi connectivity index (χ2n) is 5.49. The van der Waals surface area contributed by atoms with Crippen molar-refractivity contribution in [3.8, 4) is 5.75 Å². The van der Waals surface area contributed by atoms with E-state index in [0.717, 1.165) is 12.0 Å². The van der Waals surface area contributed by atoms with Crippen molar-refractivity contribution in [3.63, 3.8) is 0 Å². The van der Waals surface area contributed by atoms with Crippen LogP contribution in [0, 0.1) is 6.92 Å². The zero-order valence-corrected chi connectivity index (χ0v) is 14.0. The number of aromatic carboxylic acids is 1. The van der Waals surface area contributed by atoms with Crippen LogP contribution in [0.5, 0.6) is 5.75 Å². The third kappa shape index (κ3) is 3.35. The molecule has 1 aromatic carbocycles. The second-order valence-corrected chi connectivity index (χ2v) is 5.49. The van der Waals surface area contributed by atoms with Crippen LogP contribution < -0.4 is 4.74 Å². The number of fused-ring (bicyclic) bond motifs is 1. The molecular formula is C18H18N4O3. The van der Waals surface area contributed by atoms with Crippen molar-refractivity contribution >= 4 is 23.1 Å². The van der Waals surface area contributed by atoms with Crippen molar-refractivity contribution in [2.75, 3.05) is 6.61 Å². The lowest BCUT2D eigenvalue weighted by molar-refractivity contribution is 0.0692. The lowest BCUT2D eigenvalue weighted by Gasteiger charge is -2.06. The summed E-state index contributed by atoms with van der Waals surface area (Å²) in [6.45, 7) is 4.45. The number of pyridine rings is 1. The van der Waals surface area contributed by atoms with Crippen LogP contribution in [0.15, 0.2) is 52.8 Å². The zero-order valence-electron chi connectivity index (χ0n) is 14.0. The molecule has 0 bridgehead atoms. The van der Waals surface area contributed by atoms with Gasteiger partial charge in [-0.15, -0.1) is 10.2 Å². The Labute approximate surface area is 144 Å². The number of carboxylic acids is 1. The summed E-state index contributed by atoms with van der Waals surface area (Å²) in [6, 6.07) is 10.9. The minimum absolute atomic E-state index is 0.134. The Kier molecular flexibility index (Phi) is 4.74. The first-order valence-corrected chi connectivity index (χ1v) is 7.96.